The molecule has 5 fully saturated rings. The monoisotopic (exact) mass is 612 g/mol. The van der Waals surface area contributed by atoms with Crippen molar-refractivity contribution in [3.8, 4) is 0 Å². The summed E-state index contributed by atoms with van der Waals surface area (Å²) in [5, 5.41) is 3.32. The first-order chi connectivity index (χ1) is 20.6. The Kier molecular flexibility index (Phi) is 8.92. The van der Waals surface area contributed by atoms with E-state index in [2.05, 4.69) is 46.5 Å². The molecule has 0 heterocycles. The van der Waals surface area contributed by atoms with Gasteiger partial charge in [0.15, 0.2) is 0 Å². The Hall–Kier alpha value is -1.89. The fourth-order valence-electron chi connectivity index (χ4n) is 12.7. The molecule has 3 N–H and O–H groups in total. The number of nitrogens with two attached hydrogens (primary N) is 1. The highest BCUT2D eigenvalue weighted by atomic mass is 16.6. The molecule has 5 aliphatic carbocycles. The van der Waals surface area contributed by atoms with E-state index < -0.39 is 5.41 Å². The molecular weight excluding hydrogens is 552 g/mol. The predicted octanol–water partition coefficient (Wildman–Crippen LogP) is 6.58. The molecule has 5 aliphatic rings. The SMILES string of the molecule is C=C(C)[C@@H]1CC[C@]2(C(=O)NCCCN)CC[C@]3(C)[C@H](CC[C@@H]4[C@@]5(C)CC[C@H](OC(C)=O)[C@@](C)(COC(C)=O)[C@@H]5CC[C@]43C)[C@@H]12. The molecule has 0 bridgehead atoms. The molecule has 0 radical (unpaired) electrons. The first-order valence-electron chi connectivity index (χ1n) is 17.5. The van der Waals surface area contributed by atoms with Crippen molar-refractivity contribution >= 4 is 17.8 Å². The standard InChI is InChI=1S/C37H60N2O5/c1-23(2)26-12-17-37(32(42)39-21-9-20-38)19-18-35(7)27(31(26)37)10-11-29-33(5)15-14-30(44-25(4)41)34(6,22-43-24(3)40)28(33)13-16-36(29,35)8/h26-31H,1,9-22,38H2,2-8H3,(H,39,42)/t26-,27+,28+,29+,30-,31+,33-,34-,35+,36+,37-/m0/s1. The van der Waals surface area contributed by atoms with Crippen LogP contribution >= 0.6 is 0 Å². The average molecular weight is 613 g/mol. The summed E-state index contributed by atoms with van der Waals surface area (Å²) >= 11 is 0. The smallest absolute Gasteiger partial charge is 0.302 e. The van der Waals surface area contributed by atoms with Crippen molar-refractivity contribution in [2.24, 2.45) is 62.4 Å². The van der Waals surface area contributed by atoms with Gasteiger partial charge in [-0.15, -0.1) is 0 Å². The van der Waals surface area contributed by atoms with Crippen molar-refractivity contribution in [2.75, 3.05) is 19.7 Å². The zero-order valence-electron chi connectivity index (χ0n) is 28.7. The normalized spacial score (nSPS) is 46.0. The van der Waals surface area contributed by atoms with Crippen molar-refractivity contribution in [3.63, 3.8) is 0 Å². The molecule has 0 aromatic rings. The van der Waals surface area contributed by atoms with E-state index in [-0.39, 0.29) is 58.1 Å². The largest absolute Gasteiger partial charge is 0.465 e. The summed E-state index contributed by atoms with van der Waals surface area (Å²) in [7, 11) is 0. The lowest BCUT2D eigenvalue weighted by Gasteiger charge is -2.73. The van der Waals surface area contributed by atoms with Crippen LogP contribution in [0, 0.1) is 56.7 Å². The third kappa shape index (κ3) is 4.88. The summed E-state index contributed by atoms with van der Waals surface area (Å²) < 4.78 is 11.7. The van der Waals surface area contributed by atoms with Gasteiger partial charge in [-0.25, -0.2) is 0 Å². The molecule has 5 rings (SSSR count). The Bertz CT molecular complexity index is 1170. The quantitative estimate of drug-likeness (QED) is 0.182. The molecular formula is C37H60N2O5. The third-order valence-corrected chi connectivity index (χ3v) is 14.8. The summed E-state index contributed by atoms with van der Waals surface area (Å²) in [6.45, 7) is 21.0. The van der Waals surface area contributed by atoms with Crippen molar-refractivity contribution in [3.05, 3.63) is 12.2 Å². The van der Waals surface area contributed by atoms with E-state index in [0.29, 0.717) is 36.8 Å². The molecule has 7 heteroatoms. The molecule has 5 saturated carbocycles. The van der Waals surface area contributed by atoms with Crippen LogP contribution in [-0.2, 0) is 23.9 Å². The number of amides is 1. The van der Waals surface area contributed by atoms with Gasteiger partial charge in [-0.2, -0.15) is 0 Å². The molecule has 11 atom stereocenters. The molecule has 248 valence electrons. The van der Waals surface area contributed by atoms with Crippen LogP contribution in [0.5, 0.6) is 0 Å². The van der Waals surface area contributed by atoms with Gasteiger partial charge >= 0.3 is 11.9 Å². The second-order valence-electron chi connectivity index (χ2n) is 16.7. The molecule has 0 aromatic heterocycles. The third-order valence-electron chi connectivity index (χ3n) is 14.8. The van der Waals surface area contributed by atoms with Crippen molar-refractivity contribution in [1.29, 1.82) is 0 Å². The molecule has 1 amide bonds. The van der Waals surface area contributed by atoms with Crippen molar-refractivity contribution in [2.45, 2.75) is 125 Å². The lowest BCUT2D eigenvalue weighted by Crippen LogP contribution is -2.68. The summed E-state index contributed by atoms with van der Waals surface area (Å²) in [6.07, 6.45) is 10.8. The first-order valence-corrected chi connectivity index (χ1v) is 17.5. The molecule has 0 spiro atoms. The molecule has 0 saturated heterocycles. The maximum atomic E-state index is 14.1. The summed E-state index contributed by atoms with van der Waals surface area (Å²) in [6, 6.07) is 0. The zero-order valence-corrected chi connectivity index (χ0v) is 28.7. The van der Waals surface area contributed by atoms with E-state index in [0.717, 1.165) is 70.6 Å². The van der Waals surface area contributed by atoms with E-state index in [1.165, 1.54) is 19.4 Å². The number of allylic oxidation sites excluding steroid dienone is 1. The van der Waals surface area contributed by atoms with Crippen LogP contribution in [0.25, 0.3) is 0 Å². The number of hydrogen-bond donors (Lipinski definition) is 2. The van der Waals surface area contributed by atoms with Gasteiger partial charge in [0.2, 0.25) is 5.91 Å². The molecule has 0 aliphatic heterocycles. The van der Waals surface area contributed by atoms with Gasteiger partial charge in [-0.1, -0.05) is 39.8 Å². The second kappa shape index (κ2) is 11.7. The lowest BCUT2D eigenvalue weighted by atomic mass is 9.32. The van der Waals surface area contributed by atoms with Crippen molar-refractivity contribution < 1.29 is 23.9 Å². The Morgan fingerprint density at radius 1 is 0.841 bits per heavy atom. The summed E-state index contributed by atoms with van der Waals surface area (Å²) in [4.78, 5) is 38.3. The fraction of sp³-hybridized carbons (Fsp3) is 0.865. The van der Waals surface area contributed by atoms with E-state index >= 15 is 0 Å². The highest BCUT2D eigenvalue weighted by Crippen LogP contribution is 2.77. The van der Waals surface area contributed by atoms with Crippen LogP contribution in [0.15, 0.2) is 12.2 Å². The number of fused-ring (bicyclic) bond motifs is 7. The van der Waals surface area contributed by atoms with E-state index in [1.807, 2.05) is 0 Å². The van der Waals surface area contributed by atoms with Crippen molar-refractivity contribution in [1.82, 2.24) is 5.32 Å². The maximum Gasteiger partial charge on any atom is 0.302 e. The lowest BCUT2D eigenvalue weighted by molar-refractivity contribution is -0.256. The summed E-state index contributed by atoms with van der Waals surface area (Å²) in [5.41, 5.74) is 6.56. The predicted molar refractivity (Wildman–Crippen MR) is 172 cm³/mol. The number of ether oxygens (including phenoxy) is 2. The van der Waals surface area contributed by atoms with Crippen LogP contribution < -0.4 is 11.1 Å². The summed E-state index contributed by atoms with van der Waals surface area (Å²) in [5.74, 6) is 1.71. The Balaban J connectivity index is 1.50. The van der Waals surface area contributed by atoms with E-state index in [1.54, 1.807) is 0 Å². The van der Waals surface area contributed by atoms with Gasteiger partial charge in [-0.05, 0) is 130 Å². The van der Waals surface area contributed by atoms with Crippen LogP contribution in [0.2, 0.25) is 0 Å². The van der Waals surface area contributed by atoms with Gasteiger partial charge in [0.25, 0.3) is 0 Å². The molecule has 0 aromatic carbocycles. The maximum absolute atomic E-state index is 14.1. The van der Waals surface area contributed by atoms with Crippen LogP contribution in [0.1, 0.15) is 119 Å². The van der Waals surface area contributed by atoms with E-state index in [4.69, 9.17) is 15.2 Å². The number of esters is 2. The number of hydrogen-bond acceptors (Lipinski definition) is 6. The Labute approximate surface area is 266 Å². The molecule has 44 heavy (non-hydrogen) atoms. The van der Waals surface area contributed by atoms with Crippen LogP contribution in [0.3, 0.4) is 0 Å². The highest BCUT2D eigenvalue weighted by molar-refractivity contribution is 5.84. The highest BCUT2D eigenvalue weighted by Gasteiger charge is 2.72. The molecule has 7 nitrogen and oxygen atoms in total. The second-order valence-corrected chi connectivity index (χ2v) is 16.7. The number of carbonyl (C=O) groups is 3. The zero-order chi connectivity index (χ0) is 32.3. The fourth-order valence-corrected chi connectivity index (χ4v) is 12.7. The minimum absolute atomic E-state index is 0.0457. The van der Waals surface area contributed by atoms with Gasteiger partial charge in [0.1, 0.15) is 12.7 Å². The number of carbonyl (C=O) groups excluding carboxylic acids is 3. The first kappa shape index (κ1) is 33.5. The Morgan fingerprint density at radius 3 is 2.20 bits per heavy atom. The van der Waals surface area contributed by atoms with E-state index in [9.17, 15) is 14.4 Å². The van der Waals surface area contributed by atoms with Crippen LogP contribution in [-0.4, -0.2) is 43.6 Å². The van der Waals surface area contributed by atoms with Crippen LogP contribution in [0.4, 0.5) is 0 Å². The number of rotatable bonds is 8. The van der Waals surface area contributed by atoms with Gasteiger partial charge in [0, 0.05) is 25.8 Å². The minimum atomic E-state index is -0.427. The number of nitrogens with one attached hydrogen (secondary N) is 1. The average Bonchev–Trinajstić information content (AvgIpc) is 3.35. The topological polar surface area (TPSA) is 108 Å². The van der Waals surface area contributed by atoms with Gasteiger partial charge in [0.05, 0.1) is 5.41 Å². The Morgan fingerprint density at radius 2 is 1.57 bits per heavy atom. The minimum Gasteiger partial charge on any atom is -0.465 e. The van der Waals surface area contributed by atoms with Gasteiger partial charge < -0.3 is 20.5 Å². The van der Waals surface area contributed by atoms with Gasteiger partial charge in [-0.3, -0.25) is 14.4 Å². The molecule has 0 unspecified atom stereocenters.